The zero-order valence-corrected chi connectivity index (χ0v) is 16.3. The fraction of sp³-hybridized carbons (Fsp3) is 0.409. The van der Waals surface area contributed by atoms with E-state index in [-0.39, 0.29) is 5.91 Å². The Morgan fingerprint density at radius 3 is 2.89 bits per heavy atom. The van der Waals surface area contributed by atoms with Crippen LogP contribution in [-0.4, -0.2) is 38.7 Å². The van der Waals surface area contributed by atoms with Gasteiger partial charge in [0, 0.05) is 36.8 Å². The Bertz CT molecular complexity index is 991. The lowest BCUT2D eigenvalue weighted by molar-refractivity contribution is 0.0685. The van der Waals surface area contributed by atoms with Crippen molar-refractivity contribution in [3.8, 4) is 11.3 Å². The van der Waals surface area contributed by atoms with Crippen LogP contribution in [0.5, 0.6) is 0 Å². The quantitative estimate of drug-likeness (QED) is 0.698. The number of carbonyl (C=O) groups excluding carboxylic acids is 1. The van der Waals surface area contributed by atoms with E-state index in [0.717, 1.165) is 59.3 Å². The molecule has 0 aliphatic carbocycles. The Kier molecular flexibility index (Phi) is 4.68. The van der Waals surface area contributed by atoms with Crippen LogP contribution in [0.3, 0.4) is 0 Å². The van der Waals surface area contributed by atoms with Crippen LogP contribution in [0, 0.1) is 12.8 Å². The summed E-state index contributed by atoms with van der Waals surface area (Å²) >= 11 is 0. The lowest BCUT2D eigenvalue weighted by atomic mass is 9.98. The van der Waals surface area contributed by atoms with Gasteiger partial charge in [0.2, 0.25) is 0 Å². The van der Waals surface area contributed by atoms with E-state index in [2.05, 4.69) is 38.0 Å². The average Bonchev–Trinajstić information content (AvgIpc) is 3.15. The van der Waals surface area contributed by atoms with E-state index < -0.39 is 0 Å². The number of benzene rings is 1. The van der Waals surface area contributed by atoms with Gasteiger partial charge in [0.1, 0.15) is 0 Å². The largest absolute Gasteiger partial charge is 0.338 e. The van der Waals surface area contributed by atoms with Gasteiger partial charge in [-0.1, -0.05) is 19.1 Å². The number of carbonyl (C=O) groups is 1. The van der Waals surface area contributed by atoms with Crippen LogP contribution >= 0.6 is 0 Å². The summed E-state index contributed by atoms with van der Waals surface area (Å²) in [5.74, 6) is 0.669. The highest BCUT2D eigenvalue weighted by Crippen LogP contribution is 2.28. The number of pyridine rings is 1. The molecule has 1 amide bonds. The van der Waals surface area contributed by atoms with Gasteiger partial charge in [-0.3, -0.25) is 9.48 Å². The second-order valence-corrected chi connectivity index (χ2v) is 7.66. The third-order valence-electron chi connectivity index (χ3n) is 5.39. The molecule has 0 spiro atoms. The maximum Gasteiger partial charge on any atom is 0.254 e. The SMILES string of the molecule is CCn1cc(-c2cc(C(=O)N3CCC[C@@H](C)C3)c3ccc(C)cc3n2)cn1. The van der Waals surface area contributed by atoms with Crippen molar-refractivity contribution in [1.82, 2.24) is 19.7 Å². The van der Waals surface area contributed by atoms with Gasteiger partial charge in [0.05, 0.1) is 23.0 Å². The molecular formula is C22H26N4O. The summed E-state index contributed by atoms with van der Waals surface area (Å²) < 4.78 is 1.88. The maximum atomic E-state index is 13.4. The molecule has 1 saturated heterocycles. The van der Waals surface area contributed by atoms with Crippen LogP contribution in [-0.2, 0) is 6.54 Å². The molecule has 5 nitrogen and oxygen atoms in total. The molecule has 1 aliphatic rings. The van der Waals surface area contributed by atoms with Crippen molar-refractivity contribution in [2.45, 2.75) is 40.2 Å². The van der Waals surface area contributed by atoms with Gasteiger partial charge in [0.25, 0.3) is 5.91 Å². The third-order valence-corrected chi connectivity index (χ3v) is 5.39. The number of likely N-dealkylation sites (tertiary alicyclic amines) is 1. The van der Waals surface area contributed by atoms with Gasteiger partial charge in [-0.25, -0.2) is 4.98 Å². The minimum Gasteiger partial charge on any atom is -0.338 e. The first-order valence-electron chi connectivity index (χ1n) is 9.78. The normalized spacial score (nSPS) is 17.4. The van der Waals surface area contributed by atoms with E-state index in [0.29, 0.717) is 5.92 Å². The summed E-state index contributed by atoms with van der Waals surface area (Å²) in [5.41, 5.74) is 4.50. The molecule has 1 fully saturated rings. The Labute approximate surface area is 160 Å². The molecule has 140 valence electrons. The Morgan fingerprint density at radius 2 is 2.15 bits per heavy atom. The molecule has 27 heavy (non-hydrogen) atoms. The predicted molar refractivity (Wildman–Crippen MR) is 108 cm³/mol. The number of piperidine rings is 1. The fourth-order valence-electron chi connectivity index (χ4n) is 3.88. The van der Waals surface area contributed by atoms with Crippen molar-refractivity contribution in [3.05, 3.63) is 47.8 Å². The summed E-state index contributed by atoms with van der Waals surface area (Å²) in [7, 11) is 0. The molecule has 4 rings (SSSR count). The van der Waals surface area contributed by atoms with Crippen LogP contribution in [0.15, 0.2) is 36.7 Å². The van der Waals surface area contributed by atoms with Crippen molar-refractivity contribution in [2.24, 2.45) is 5.92 Å². The molecule has 3 aromatic rings. The molecule has 0 bridgehead atoms. The molecule has 1 atom stereocenters. The molecule has 2 aromatic heterocycles. The molecule has 1 aromatic carbocycles. The number of hydrogen-bond acceptors (Lipinski definition) is 3. The van der Waals surface area contributed by atoms with Crippen LogP contribution in [0.4, 0.5) is 0 Å². The predicted octanol–water partition coefficient (Wildman–Crippen LogP) is 4.30. The molecule has 0 unspecified atom stereocenters. The number of fused-ring (bicyclic) bond motifs is 1. The number of nitrogens with zero attached hydrogens (tertiary/aromatic N) is 4. The zero-order chi connectivity index (χ0) is 19.0. The maximum absolute atomic E-state index is 13.4. The van der Waals surface area contributed by atoms with Crippen molar-refractivity contribution >= 4 is 16.8 Å². The van der Waals surface area contributed by atoms with E-state index in [9.17, 15) is 4.79 Å². The van der Waals surface area contributed by atoms with Crippen molar-refractivity contribution in [3.63, 3.8) is 0 Å². The standard InChI is InChI=1S/C22H26N4O/c1-4-26-14-17(12-23-26)20-11-19(18-8-7-15(2)10-21(18)24-20)22(27)25-9-5-6-16(3)13-25/h7-8,10-12,14,16H,4-6,9,13H2,1-3H3/t16-/m1/s1. The smallest absolute Gasteiger partial charge is 0.254 e. The minimum absolute atomic E-state index is 0.113. The summed E-state index contributed by atoms with van der Waals surface area (Å²) in [4.78, 5) is 20.2. The Balaban J connectivity index is 1.83. The Morgan fingerprint density at radius 1 is 1.30 bits per heavy atom. The molecule has 0 saturated carbocycles. The monoisotopic (exact) mass is 362 g/mol. The topological polar surface area (TPSA) is 51.0 Å². The first-order chi connectivity index (χ1) is 13.0. The summed E-state index contributed by atoms with van der Waals surface area (Å²) in [6, 6.07) is 8.07. The van der Waals surface area contributed by atoms with Gasteiger partial charge in [-0.05, 0) is 50.3 Å². The molecule has 0 N–H and O–H groups in total. The van der Waals surface area contributed by atoms with Crippen LogP contribution in [0.25, 0.3) is 22.2 Å². The van der Waals surface area contributed by atoms with Gasteiger partial charge in [-0.2, -0.15) is 5.10 Å². The highest BCUT2D eigenvalue weighted by molar-refractivity contribution is 6.07. The Hall–Kier alpha value is -2.69. The summed E-state index contributed by atoms with van der Waals surface area (Å²) in [5, 5.41) is 5.29. The van der Waals surface area contributed by atoms with Crippen molar-refractivity contribution in [1.29, 1.82) is 0 Å². The number of aromatic nitrogens is 3. The average molecular weight is 362 g/mol. The van der Waals surface area contributed by atoms with Crippen molar-refractivity contribution < 1.29 is 4.79 Å². The van der Waals surface area contributed by atoms with Gasteiger partial charge in [0.15, 0.2) is 0 Å². The third kappa shape index (κ3) is 3.46. The summed E-state index contributed by atoms with van der Waals surface area (Å²) in [6.07, 6.45) is 6.08. The van der Waals surface area contributed by atoms with Gasteiger partial charge < -0.3 is 4.90 Å². The van der Waals surface area contributed by atoms with Gasteiger partial charge in [-0.15, -0.1) is 0 Å². The van der Waals surface area contributed by atoms with Crippen LogP contribution in [0.2, 0.25) is 0 Å². The van der Waals surface area contributed by atoms with E-state index >= 15 is 0 Å². The van der Waals surface area contributed by atoms with Crippen LogP contribution < -0.4 is 0 Å². The number of rotatable bonds is 3. The van der Waals surface area contributed by atoms with E-state index in [4.69, 9.17) is 4.98 Å². The van der Waals surface area contributed by atoms with Crippen LogP contribution in [0.1, 0.15) is 42.6 Å². The molecule has 3 heterocycles. The first-order valence-corrected chi connectivity index (χ1v) is 9.78. The molecule has 5 heteroatoms. The fourth-order valence-corrected chi connectivity index (χ4v) is 3.88. The lowest BCUT2D eigenvalue weighted by Gasteiger charge is -2.31. The van der Waals surface area contributed by atoms with E-state index in [1.165, 1.54) is 6.42 Å². The molecule has 1 aliphatic heterocycles. The minimum atomic E-state index is 0.113. The lowest BCUT2D eigenvalue weighted by Crippen LogP contribution is -2.39. The second-order valence-electron chi connectivity index (χ2n) is 7.66. The van der Waals surface area contributed by atoms with E-state index in [1.54, 1.807) is 0 Å². The molecular weight excluding hydrogens is 336 g/mol. The van der Waals surface area contributed by atoms with E-state index in [1.807, 2.05) is 34.1 Å². The number of hydrogen-bond donors (Lipinski definition) is 0. The highest BCUT2D eigenvalue weighted by atomic mass is 16.2. The first kappa shape index (κ1) is 17.7. The van der Waals surface area contributed by atoms with Gasteiger partial charge >= 0.3 is 0 Å². The van der Waals surface area contributed by atoms with Crippen molar-refractivity contribution in [2.75, 3.05) is 13.1 Å². The molecule has 0 radical (unpaired) electrons. The summed E-state index contributed by atoms with van der Waals surface area (Å²) in [6.45, 7) is 8.80. The zero-order valence-electron chi connectivity index (χ0n) is 16.3. The highest BCUT2D eigenvalue weighted by Gasteiger charge is 2.24. The number of aryl methyl sites for hydroxylation is 2. The number of amides is 1. The second kappa shape index (κ2) is 7.14.